The Balaban J connectivity index is 1.86. The van der Waals surface area contributed by atoms with Crippen molar-refractivity contribution in [1.29, 1.82) is 0 Å². The molecule has 1 N–H and O–H groups in total. The van der Waals surface area contributed by atoms with Crippen molar-refractivity contribution in [2.45, 2.75) is 13.8 Å². The van der Waals surface area contributed by atoms with Gasteiger partial charge in [0.05, 0.1) is 6.61 Å². The summed E-state index contributed by atoms with van der Waals surface area (Å²) in [6, 6.07) is 13.5. The number of para-hydroxylation sites is 2. The molecule has 4 heteroatoms. The minimum absolute atomic E-state index is 0.552. The second-order valence-electron chi connectivity index (χ2n) is 4.57. The summed E-state index contributed by atoms with van der Waals surface area (Å²) in [5.41, 5.74) is 2.08. The van der Waals surface area contributed by atoms with Crippen LogP contribution < -0.4 is 14.8 Å². The molecule has 21 heavy (non-hydrogen) atoms. The van der Waals surface area contributed by atoms with E-state index in [0.29, 0.717) is 19.8 Å². The molecule has 0 fully saturated rings. The van der Waals surface area contributed by atoms with Crippen LogP contribution in [0.25, 0.3) is 0 Å². The topological polar surface area (TPSA) is 30.5 Å². The zero-order valence-corrected chi connectivity index (χ0v) is 13.1. The first-order valence-electron chi connectivity index (χ1n) is 7.06. The molecule has 0 aliphatic heterocycles. The first-order valence-corrected chi connectivity index (χ1v) is 7.43. The Morgan fingerprint density at radius 3 is 2.43 bits per heavy atom. The number of hydrogen-bond acceptors (Lipinski definition) is 3. The van der Waals surface area contributed by atoms with Crippen molar-refractivity contribution in [2.24, 2.45) is 0 Å². The third-order valence-corrected chi connectivity index (χ3v) is 3.50. The Hall–Kier alpha value is -1.87. The van der Waals surface area contributed by atoms with E-state index in [2.05, 4.69) is 5.32 Å². The van der Waals surface area contributed by atoms with Crippen LogP contribution >= 0.6 is 11.6 Å². The molecule has 0 spiro atoms. The van der Waals surface area contributed by atoms with E-state index in [1.807, 2.05) is 56.3 Å². The lowest BCUT2D eigenvalue weighted by atomic mass is 10.2. The summed E-state index contributed by atoms with van der Waals surface area (Å²) in [5, 5.41) is 4.09. The summed E-state index contributed by atoms with van der Waals surface area (Å²) in [5.74, 6) is 1.54. The quantitative estimate of drug-likeness (QED) is 0.762. The smallest absolute Gasteiger partial charge is 0.161 e. The number of benzene rings is 2. The van der Waals surface area contributed by atoms with Gasteiger partial charge in [-0.15, -0.1) is 0 Å². The van der Waals surface area contributed by atoms with Crippen molar-refractivity contribution < 1.29 is 9.47 Å². The molecule has 0 aliphatic carbocycles. The molecule has 0 saturated carbocycles. The highest BCUT2D eigenvalue weighted by Crippen LogP contribution is 2.26. The van der Waals surface area contributed by atoms with Gasteiger partial charge in [-0.25, -0.2) is 0 Å². The summed E-state index contributed by atoms with van der Waals surface area (Å²) in [6.07, 6.45) is 0. The molecule has 2 aromatic rings. The lowest BCUT2D eigenvalue weighted by Crippen LogP contribution is -2.12. The van der Waals surface area contributed by atoms with E-state index in [1.54, 1.807) is 0 Å². The molecule has 112 valence electrons. The predicted octanol–water partition coefficient (Wildman–Crippen LogP) is 4.54. The van der Waals surface area contributed by atoms with Crippen LogP contribution in [0.15, 0.2) is 42.5 Å². The van der Waals surface area contributed by atoms with Gasteiger partial charge in [0, 0.05) is 17.3 Å². The van der Waals surface area contributed by atoms with Crippen LogP contribution in [0.1, 0.15) is 12.5 Å². The second-order valence-corrected chi connectivity index (χ2v) is 4.97. The number of hydrogen-bond donors (Lipinski definition) is 1. The molecular formula is C17H20ClNO2. The first-order chi connectivity index (χ1) is 10.2. The van der Waals surface area contributed by atoms with E-state index in [4.69, 9.17) is 21.1 Å². The molecule has 3 nitrogen and oxygen atoms in total. The molecule has 0 bridgehead atoms. The summed E-state index contributed by atoms with van der Waals surface area (Å²) in [4.78, 5) is 0. The maximum atomic E-state index is 6.09. The van der Waals surface area contributed by atoms with Crippen LogP contribution in [0, 0.1) is 6.92 Å². The van der Waals surface area contributed by atoms with E-state index < -0.39 is 0 Å². The van der Waals surface area contributed by atoms with Crippen LogP contribution in [0.2, 0.25) is 5.02 Å². The van der Waals surface area contributed by atoms with Gasteiger partial charge < -0.3 is 14.8 Å². The normalized spacial score (nSPS) is 10.2. The Morgan fingerprint density at radius 2 is 1.71 bits per heavy atom. The van der Waals surface area contributed by atoms with Crippen molar-refractivity contribution in [2.75, 3.05) is 25.1 Å². The maximum absolute atomic E-state index is 6.09. The number of anilines is 1. The standard InChI is InChI=1S/C17H20ClNO2/c1-3-20-16-9-4-5-10-17(16)21-12-11-19-15-8-6-7-14(18)13(15)2/h4-10,19H,3,11-12H2,1-2H3. The fourth-order valence-corrected chi connectivity index (χ4v) is 2.16. The van der Waals surface area contributed by atoms with Crippen molar-refractivity contribution in [3.05, 3.63) is 53.1 Å². The van der Waals surface area contributed by atoms with E-state index in [-0.39, 0.29) is 0 Å². The maximum Gasteiger partial charge on any atom is 0.161 e. The Bertz CT molecular complexity index is 587. The molecule has 0 heterocycles. The average Bonchev–Trinajstić information content (AvgIpc) is 2.49. The van der Waals surface area contributed by atoms with Gasteiger partial charge in [-0.1, -0.05) is 29.8 Å². The number of halogens is 1. The van der Waals surface area contributed by atoms with Crippen molar-refractivity contribution in [3.63, 3.8) is 0 Å². The summed E-state index contributed by atoms with van der Waals surface area (Å²) < 4.78 is 11.3. The minimum Gasteiger partial charge on any atom is -0.490 e. The monoisotopic (exact) mass is 305 g/mol. The third-order valence-electron chi connectivity index (χ3n) is 3.09. The third kappa shape index (κ3) is 4.30. The van der Waals surface area contributed by atoms with Crippen molar-refractivity contribution in [3.8, 4) is 11.5 Å². The minimum atomic E-state index is 0.552. The van der Waals surface area contributed by atoms with Gasteiger partial charge in [0.25, 0.3) is 0 Å². The van der Waals surface area contributed by atoms with Crippen molar-refractivity contribution >= 4 is 17.3 Å². The zero-order valence-electron chi connectivity index (χ0n) is 12.4. The molecule has 2 aromatic carbocycles. The van der Waals surface area contributed by atoms with E-state index >= 15 is 0 Å². The average molecular weight is 306 g/mol. The van der Waals surface area contributed by atoms with Gasteiger partial charge >= 0.3 is 0 Å². The van der Waals surface area contributed by atoms with E-state index in [0.717, 1.165) is 27.8 Å². The van der Waals surface area contributed by atoms with Gasteiger partial charge in [0.1, 0.15) is 6.61 Å². The van der Waals surface area contributed by atoms with Crippen LogP contribution in [0.3, 0.4) is 0 Å². The highest BCUT2D eigenvalue weighted by atomic mass is 35.5. The predicted molar refractivity (Wildman–Crippen MR) is 87.8 cm³/mol. The molecular weight excluding hydrogens is 286 g/mol. The Kier molecular flexibility index (Phi) is 5.76. The molecule has 0 saturated heterocycles. The van der Waals surface area contributed by atoms with Gasteiger partial charge in [0.2, 0.25) is 0 Å². The van der Waals surface area contributed by atoms with Crippen molar-refractivity contribution in [1.82, 2.24) is 0 Å². The van der Waals surface area contributed by atoms with E-state index in [1.165, 1.54) is 0 Å². The molecule has 2 rings (SSSR count). The zero-order chi connectivity index (χ0) is 15.1. The highest BCUT2D eigenvalue weighted by Gasteiger charge is 2.04. The fraction of sp³-hybridized carbons (Fsp3) is 0.294. The molecule has 0 atom stereocenters. The lowest BCUT2D eigenvalue weighted by molar-refractivity contribution is 0.284. The number of nitrogens with one attached hydrogen (secondary N) is 1. The molecule has 0 unspecified atom stereocenters. The SMILES string of the molecule is CCOc1ccccc1OCCNc1cccc(Cl)c1C. The molecule has 0 aromatic heterocycles. The van der Waals surface area contributed by atoms with Crippen LogP contribution in [0.4, 0.5) is 5.69 Å². The largest absolute Gasteiger partial charge is 0.490 e. The second kappa shape index (κ2) is 7.79. The van der Waals surface area contributed by atoms with E-state index in [9.17, 15) is 0 Å². The van der Waals surface area contributed by atoms with Gasteiger partial charge in [0.15, 0.2) is 11.5 Å². The Morgan fingerprint density at radius 1 is 1.00 bits per heavy atom. The number of rotatable bonds is 7. The summed E-state index contributed by atoms with van der Waals surface area (Å²) in [7, 11) is 0. The van der Waals surface area contributed by atoms with Crippen LogP contribution in [-0.2, 0) is 0 Å². The van der Waals surface area contributed by atoms with Gasteiger partial charge in [-0.2, -0.15) is 0 Å². The first kappa shape index (κ1) is 15.5. The van der Waals surface area contributed by atoms with Crippen LogP contribution in [0.5, 0.6) is 11.5 Å². The molecule has 0 aliphatic rings. The number of ether oxygens (including phenoxy) is 2. The highest BCUT2D eigenvalue weighted by molar-refractivity contribution is 6.31. The van der Waals surface area contributed by atoms with Gasteiger partial charge in [-0.05, 0) is 43.7 Å². The molecule has 0 radical (unpaired) electrons. The fourth-order valence-electron chi connectivity index (χ4n) is 1.99. The summed E-state index contributed by atoms with van der Waals surface area (Å²) in [6.45, 7) is 5.83. The van der Waals surface area contributed by atoms with Crippen LogP contribution in [-0.4, -0.2) is 19.8 Å². The Labute approximate surface area is 130 Å². The molecule has 0 amide bonds. The van der Waals surface area contributed by atoms with Gasteiger partial charge in [-0.3, -0.25) is 0 Å². The summed E-state index contributed by atoms with van der Waals surface area (Å²) >= 11 is 6.09. The lowest BCUT2D eigenvalue weighted by Gasteiger charge is -2.13.